The van der Waals surface area contributed by atoms with Crippen molar-refractivity contribution in [2.75, 3.05) is 18.8 Å². The van der Waals surface area contributed by atoms with Crippen molar-refractivity contribution in [2.45, 2.75) is 52.9 Å². The Morgan fingerprint density at radius 1 is 1.21 bits per heavy atom. The van der Waals surface area contributed by atoms with E-state index in [4.69, 9.17) is 0 Å². The van der Waals surface area contributed by atoms with Crippen LogP contribution in [0.4, 0.5) is 0 Å². The van der Waals surface area contributed by atoms with Gasteiger partial charge in [0.25, 0.3) is 0 Å². The Hall–Kier alpha value is 0.110. The second-order valence-corrected chi connectivity index (χ2v) is 4.94. The van der Waals surface area contributed by atoms with Crippen LogP contribution < -0.4 is 0 Å². The van der Waals surface area contributed by atoms with Gasteiger partial charge in [-0.3, -0.25) is 0 Å². The molecule has 0 saturated carbocycles. The van der Waals surface area contributed by atoms with Crippen LogP contribution >= 0.6 is 0 Å². The fourth-order valence-electron chi connectivity index (χ4n) is 1.52. The van der Waals surface area contributed by atoms with Crippen molar-refractivity contribution in [3.05, 3.63) is 0 Å². The van der Waals surface area contributed by atoms with Crippen LogP contribution in [0.15, 0.2) is 0 Å². The van der Waals surface area contributed by atoms with Crippen LogP contribution in [0.25, 0.3) is 0 Å². The molecule has 0 bridgehead atoms. The molecule has 0 radical (unpaired) electrons. The minimum Gasteiger partial charge on any atom is -0.243 e. The van der Waals surface area contributed by atoms with Gasteiger partial charge in [-0.2, -0.15) is 0 Å². The standard InChI is InChI=1S/C9H19NOS.C2H6/c1-2-3-4-5-7-10-8-6-9-12(10)11;1-2/h2-9H2,1H3;1-2H3. The Kier molecular flexibility index (Phi) is 9.73. The molecule has 0 amide bonds. The van der Waals surface area contributed by atoms with Gasteiger partial charge >= 0.3 is 0 Å². The van der Waals surface area contributed by atoms with Crippen molar-refractivity contribution in [1.82, 2.24) is 4.31 Å². The van der Waals surface area contributed by atoms with Gasteiger partial charge in [0.05, 0.1) is 11.0 Å². The van der Waals surface area contributed by atoms with Gasteiger partial charge in [0.15, 0.2) is 0 Å². The van der Waals surface area contributed by atoms with Crippen molar-refractivity contribution in [2.24, 2.45) is 0 Å². The zero-order chi connectivity index (χ0) is 10.8. The van der Waals surface area contributed by atoms with E-state index in [1.807, 2.05) is 13.8 Å². The minimum atomic E-state index is -0.633. The smallest absolute Gasteiger partial charge is 0.0943 e. The van der Waals surface area contributed by atoms with E-state index in [2.05, 4.69) is 11.2 Å². The van der Waals surface area contributed by atoms with Gasteiger partial charge in [-0.05, 0) is 12.8 Å². The minimum absolute atomic E-state index is 0.633. The Labute approximate surface area is 91.7 Å². The van der Waals surface area contributed by atoms with Crippen molar-refractivity contribution in [3.8, 4) is 0 Å². The molecule has 0 spiro atoms. The topological polar surface area (TPSA) is 20.3 Å². The molecule has 1 rings (SSSR count). The Bertz CT molecular complexity index is 150. The molecule has 1 atom stereocenters. The van der Waals surface area contributed by atoms with Gasteiger partial charge in [-0.1, -0.05) is 40.0 Å². The summed E-state index contributed by atoms with van der Waals surface area (Å²) >= 11 is 0. The van der Waals surface area contributed by atoms with E-state index in [1.54, 1.807) is 0 Å². The van der Waals surface area contributed by atoms with Crippen LogP contribution in [0.5, 0.6) is 0 Å². The fraction of sp³-hybridized carbons (Fsp3) is 1.00. The molecule has 1 fully saturated rings. The molecule has 0 aromatic rings. The highest BCUT2D eigenvalue weighted by Crippen LogP contribution is 2.10. The first-order chi connectivity index (χ1) is 6.84. The van der Waals surface area contributed by atoms with E-state index in [0.29, 0.717) is 0 Å². The van der Waals surface area contributed by atoms with Crippen molar-refractivity contribution < 1.29 is 4.21 Å². The molecule has 0 aliphatic carbocycles. The quantitative estimate of drug-likeness (QED) is 0.651. The summed E-state index contributed by atoms with van der Waals surface area (Å²) in [5.41, 5.74) is 0. The molecule has 86 valence electrons. The SMILES string of the molecule is CC.CCCCCCN1CCCS1=O. The van der Waals surface area contributed by atoms with Crippen LogP contribution in [-0.4, -0.2) is 27.4 Å². The zero-order valence-corrected chi connectivity index (χ0v) is 10.7. The molecule has 0 aromatic heterocycles. The van der Waals surface area contributed by atoms with E-state index >= 15 is 0 Å². The summed E-state index contributed by atoms with van der Waals surface area (Å²) in [4.78, 5) is 0. The van der Waals surface area contributed by atoms with Crippen molar-refractivity contribution in [3.63, 3.8) is 0 Å². The summed E-state index contributed by atoms with van der Waals surface area (Å²) in [6, 6.07) is 0. The fourth-order valence-corrected chi connectivity index (χ4v) is 2.82. The van der Waals surface area contributed by atoms with Crippen LogP contribution in [0, 0.1) is 0 Å². The number of hydrogen-bond acceptors (Lipinski definition) is 1. The summed E-state index contributed by atoms with van der Waals surface area (Å²) in [7, 11) is -0.633. The van der Waals surface area contributed by atoms with Crippen molar-refractivity contribution >= 4 is 11.0 Å². The van der Waals surface area contributed by atoms with Crippen LogP contribution in [-0.2, 0) is 11.0 Å². The highest BCUT2D eigenvalue weighted by Gasteiger charge is 2.18. The lowest BCUT2D eigenvalue weighted by molar-refractivity contribution is 0.450. The van der Waals surface area contributed by atoms with Crippen LogP contribution in [0.3, 0.4) is 0 Å². The first-order valence-electron chi connectivity index (χ1n) is 5.98. The maximum Gasteiger partial charge on any atom is 0.0943 e. The summed E-state index contributed by atoms with van der Waals surface area (Å²) in [6.07, 6.45) is 6.24. The lowest BCUT2D eigenvalue weighted by atomic mass is 10.2. The van der Waals surface area contributed by atoms with Gasteiger partial charge < -0.3 is 0 Å². The van der Waals surface area contributed by atoms with Gasteiger partial charge in [-0.25, -0.2) is 8.51 Å². The Morgan fingerprint density at radius 2 is 1.93 bits per heavy atom. The third kappa shape index (κ3) is 5.76. The van der Waals surface area contributed by atoms with E-state index < -0.39 is 11.0 Å². The molecule has 1 saturated heterocycles. The molecule has 0 aromatic carbocycles. The Balaban J connectivity index is 0.000000791. The van der Waals surface area contributed by atoms with Gasteiger partial charge in [-0.15, -0.1) is 0 Å². The van der Waals surface area contributed by atoms with Crippen LogP contribution in [0.1, 0.15) is 52.9 Å². The third-order valence-corrected chi connectivity index (χ3v) is 3.85. The molecule has 1 aliphatic rings. The molecule has 3 heteroatoms. The summed E-state index contributed by atoms with van der Waals surface area (Å²) in [5, 5.41) is 0. The molecule has 0 N–H and O–H groups in total. The molecule has 2 nitrogen and oxygen atoms in total. The lowest BCUT2D eigenvalue weighted by Crippen LogP contribution is -2.21. The second-order valence-electron chi connectivity index (χ2n) is 3.37. The molecular formula is C11H25NOS. The number of hydrogen-bond donors (Lipinski definition) is 0. The van der Waals surface area contributed by atoms with Gasteiger partial charge in [0, 0.05) is 18.8 Å². The van der Waals surface area contributed by atoms with E-state index in [1.165, 1.54) is 25.7 Å². The largest absolute Gasteiger partial charge is 0.243 e. The van der Waals surface area contributed by atoms with E-state index in [-0.39, 0.29) is 0 Å². The lowest BCUT2D eigenvalue weighted by Gasteiger charge is -2.12. The summed E-state index contributed by atoms with van der Waals surface area (Å²) in [6.45, 7) is 8.32. The Morgan fingerprint density at radius 3 is 2.43 bits per heavy atom. The first-order valence-corrected chi connectivity index (χ1v) is 7.25. The van der Waals surface area contributed by atoms with Gasteiger partial charge in [0.1, 0.15) is 0 Å². The first kappa shape index (κ1) is 14.1. The van der Waals surface area contributed by atoms with E-state index in [9.17, 15) is 4.21 Å². The number of nitrogens with zero attached hydrogens (tertiary/aromatic N) is 1. The highest BCUT2D eigenvalue weighted by atomic mass is 32.2. The molecule has 14 heavy (non-hydrogen) atoms. The highest BCUT2D eigenvalue weighted by molar-refractivity contribution is 7.82. The molecular weight excluding hydrogens is 194 g/mol. The zero-order valence-electron chi connectivity index (χ0n) is 9.92. The van der Waals surface area contributed by atoms with E-state index in [0.717, 1.165) is 25.3 Å². The van der Waals surface area contributed by atoms with Crippen molar-refractivity contribution in [1.29, 1.82) is 0 Å². The normalized spacial score (nSPS) is 21.8. The molecule has 1 unspecified atom stereocenters. The number of rotatable bonds is 5. The summed E-state index contributed by atoms with van der Waals surface area (Å²) in [5.74, 6) is 0.897. The third-order valence-electron chi connectivity index (χ3n) is 2.28. The predicted molar refractivity (Wildman–Crippen MR) is 64.7 cm³/mol. The molecule has 1 aliphatic heterocycles. The molecule has 1 heterocycles. The maximum atomic E-state index is 11.3. The average Bonchev–Trinajstić information content (AvgIpc) is 2.62. The summed E-state index contributed by atoms with van der Waals surface area (Å²) < 4.78 is 13.4. The predicted octanol–water partition coefficient (Wildman–Crippen LogP) is 2.96. The number of unbranched alkanes of at least 4 members (excludes halogenated alkanes) is 3. The second kappa shape index (κ2) is 9.66. The average molecular weight is 219 g/mol. The van der Waals surface area contributed by atoms with Crippen LogP contribution in [0.2, 0.25) is 0 Å². The monoisotopic (exact) mass is 219 g/mol. The van der Waals surface area contributed by atoms with Gasteiger partial charge in [0.2, 0.25) is 0 Å². The maximum absolute atomic E-state index is 11.3.